The monoisotopic (exact) mass is 432 g/mol. The van der Waals surface area contributed by atoms with Crippen LogP contribution in [0.25, 0.3) is 33.4 Å². The lowest BCUT2D eigenvalue weighted by Crippen LogP contribution is -2.41. The van der Waals surface area contributed by atoms with Crippen LogP contribution in [-0.2, 0) is 9.31 Å². The van der Waals surface area contributed by atoms with Gasteiger partial charge in [0.1, 0.15) is 0 Å². The van der Waals surface area contributed by atoms with E-state index in [1.54, 1.807) is 0 Å². The van der Waals surface area contributed by atoms with Crippen LogP contribution in [0.3, 0.4) is 0 Å². The van der Waals surface area contributed by atoms with Crippen LogP contribution in [0.4, 0.5) is 0 Å². The Balaban J connectivity index is 1.42. The van der Waals surface area contributed by atoms with Gasteiger partial charge in [0.05, 0.1) is 11.2 Å². The summed E-state index contributed by atoms with van der Waals surface area (Å²) in [7, 11) is -0.358. The van der Waals surface area contributed by atoms with Crippen molar-refractivity contribution in [3.63, 3.8) is 0 Å². The molecule has 0 aliphatic carbocycles. The van der Waals surface area contributed by atoms with E-state index in [0.29, 0.717) is 0 Å². The second-order valence-electron chi connectivity index (χ2n) is 9.74. The van der Waals surface area contributed by atoms with Gasteiger partial charge in [-0.2, -0.15) is 0 Å². The first-order valence-electron chi connectivity index (χ1n) is 11.5. The largest absolute Gasteiger partial charge is 0.494 e. The van der Waals surface area contributed by atoms with E-state index in [9.17, 15) is 0 Å². The highest BCUT2D eigenvalue weighted by atomic mass is 16.7. The van der Waals surface area contributed by atoms with Crippen molar-refractivity contribution in [1.82, 2.24) is 0 Å². The summed E-state index contributed by atoms with van der Waals surface area (Å²) in [4.78, 5) is 0. The molecule has 0 spiro atoms. The van der Waals surface area contributed by atoms with Gasteiger partial charge in [0, 0.05) is 0 Å². The second kappa shape index (κ2) is 8.33. The molecule has 0 bridgehead atoms. The molecule has 5 rings (SSSR count). The number of rotatable bonds is 4. The summed E-state index contributed by atoms with van der Waals surface area (Å²) in [5.41, 5.74) is 7.56. The van der Waals surface area contributed by atoms with Crippen molar-refractivity contribution >= 4 is 12.6 Å². The number of hydrogen-bond donors (Lipinski definition) is 0. The minimum absolute atomic E-state index is 0.348. The fraction of sp³-hybridized carbons (Fsp3) is 0.200. The van der Waals surface area contributed by atoms with Gasteiger partial charge in [0.2, 0.25) is 0 Å². The highest BCUT2D eigenvalue weighted by molar-refractivity contribution is 6.62. The van der Waals surface area contributed by atoms with Gasteiger partial charge in [-0.15, -0.1) is 0 Å². The highest BCUT2D eigenvalue weighted by Crippen LogP contribution is 2.37. The summed E-state index contributed by atoms with van der Waals surface area (Å²) in [6.45, 7) is 8.35. The quantitative estimate of drug-likeness (QED) is 0.324. The van der Waals surface area contributed by atoms with E-state index in [1.807, 2.05) is 6.07 Å². The molecule has 0 atom stereocenters. The van der Waals surface area contributed by atoms with Gasteiger partial charge in [0.15, 0.2) is 0 Å². The van der Waals surface area contributed by atoms with E-state index in [-0.39, 0.29) is 18.3 Å². The Morgan fingerprint density at radius 2 is 0.879 bits per heavy atom. The Bertz CT molecular complexity index is 1240. The fourth-order valence-corrected chi connectivity index (χ4v) is 4.21. The summed E-state index contributed by atoms with van der Waals surface area (Å²) in [5.74, 6) is 0. The highest BCUT2D eigenvalue weighted by Gasteiger charge is 2.51. The molecule has 4 aromatic carbocycles. The van der Waals surface area contributed by atoms with Crippen molar-refractivity contribution in [2.75, 3.05) is 0 Å². The molecule has 0 amide bonds. The molecule has 0 radical (unpaired) electrons. The van der Waals surface area contributed by atoms with Gasteiger partial charge < -0.3 is 9.31 Å². The Hall–Kier alpha value is -3.14. The van der Waals surface area contributed by atoms with Gasteiger partial charge in [-0.05, 0) is 72.6 Å². The third kappa shape index (κ3) is 4.27. The summed E-state index contributed by atoms with van der Waals surface area (Å²) in [5, 5.41) is 0. The Kier molecular flexibility index (Phi) is 5.48. The van der Waals surface area contributed by atoms with E-state index in [0.717, 1.165) is 11.0 Å². The van der Waals surface area contributed by atoms with Crippen LogP contribution < -0.4 is 5.46 Å². The van der Waals surface area contributed by atoms with Crippen molar-refractivity contribution in [3.8, 4) is 33.4 Å². The fourth-order valence-electron chi connectivity index (χ4n) is 4.21. The molecule has 3 heteroatoms. The van der Waals surface area contributed by atoms with Gasteiger partial charge in [-0.1, -0.05) is 97.1 Å². The van der Waals surface area contributed by atoms with E-state index in [1.165, 1.54) is 27.8 Å². The van der Waals surface area contributed by atoms with Crippen molar-refractivity contribution < 1.29 is 9.31 Å². The van der Waals surface area contributed by atoms with Crippen molar-refractivity contribution in [2.24, 2.45) is 0 Å². The van der Waals surface area contributed by atoms with Crippen LogP contribution in [-0.4, -0.2) is 18.3 Å². The molecule has 1 aliphatic rings. The maximum atomic E-state index is 6.26. The predicted molar refractivity (Wildman–Crippen MR) is 138 cm³/mol. The third-order valence-electron chi connectivity index (χ3n) is 6.93. The maximum absolute atomic E-state index is 6.26. The molecule has 0 aromatic heterocycles. The average molecular weight is 432 g/mol. The molecule has 0 saturated carbocycles. The van der Waals surface area contributed by atoms with Crippen LogP contribution in [0.2, 0.25) is 0 Å². The molecule has 1 aliphatic heterocycles. The maximum Gasteiger partial charge on any atom is 0.494 e. The van der Waals surface area contributed by atoms with Crippen LogP contribution in [0.5, 0.6) is 0 Å². The van der Waals surface area contributed by atoms with E-state index >= 15 is 0 Å². The minimum Gasteiger partial charge on any atom is -0.399 e. The molecule has 1 saturated heterocycles. The van der Waals surface area contributed by atoms with Crippen LogP contribution in [0.15, 0.2) is 103 Å². The topological polar surface area (TPSA) is 18.5 Å². The first kappa shape index (κ1) is 21.7. The standard InChI is InChI=1S/C30H29BO2/c1-29(2)30(3,4)33-31(32-29)28-15-9-14-27(21-28)26-13-8-12-25(20-26)24-18-16-23(17-19-24)22-10-6-5-7-11-22/h5-21H,1-4H3. The Morgan fingerprint density at radius 3 is 1.48 bits per heavy atom. The lowest BCUT2D eigenvalue weighted by molar-refractivity contribution is 0.00578. The van der Waals surface area contributed by atoms with Crippen molar-refractivity contribution in [1.29, 1.82) is 0 Å². The number of benzene rings is 4. The molecule has 0 N–H and O–H groups in total. The molecule has 4 aromatic rings. The summed E-state index contributed by atoms with van der Waals surface area (Å²) < 4.78 is 12.5. The molecule has 1 fully saturated rings. The smallest absolute Gasteiger partial charge is 0.399 e. The molecule has 1 heterocycles. The zero-order valence-electron chi connectivity index (χ0n) is 19.7. The predicted octanol–water partition coefficient (Wildman–Crippen LogP) is 6.99. The Morgan fingerprint density at radius 1 is 0.455 bits per heavy atom. The summed E-state index contributed by atoms with van der Waals surface area (Å²) >= 11 is 0. The van der Waals surface area contributed by atoms with Gasteiger partial charge in [-0.25, -0.2) is 0 Å². The first-order chi connectivity index (χ1) is 15.8. The van der Waals surface area contributed by atoms with E-state index < -0.39 is 0 Å². The summed E-state index contributed by atoms with van der Waals surface area (Å²) in [6, 6.07) is 36.4. The number of hydrogen-bond acceptors (Lipinski definition) is 2. The molecule has 2 nitrogen and oxygen atoms in total. The van der Waals surface area contributed by atoms with Crippen molar-refractivity contribution in [3.05, 3.63) is 103 Å². The average Bonchev–Trinajstić information content (AvgIpc) is 3.07. The van der Waals surface area contributed by atoms with Gasteiger partial charge in [-0.3, -0.25) is 0 Å². The zero-order chi connectivity index (χ0) is 23.1. The van der Waals surface area contributed by atoms with Crippen LogP contribution in [0.1, 0.15) is 27.7 Å². The normalized spacial score (nSPS) is 16.7. The lowest BCUT2D eigenvalue weighted by atomic mass is 9.78. The second-order valence-corrected chi connectivity index (χ2v) is 9.74. The van der Waals surface area contributed by atoms with Crippen LogP contribution >= 0.6 is 0 Å². The Labute approximate surface area is 197 Å². The molecular weight excluding hydrogens is 403 g/mol. The third-order valence-corrected chi connectivity index (χ3v) is 6.93. The summed E-state index contributed by atoms with van der Waals surface area (Å²) in [6.07, 6.45) is 0. The molecular formula is C30H29BO2. The molecule has 164 valence electrons. The van der Waals surface area contributed by atoms with Crippen LogP contribution in [0, 0.1) is 0 Å². The lowest BCUT2D eigenvalue weighted by Gasteiger charge is -2.32. The SMILES string of the molecule is CC1(C)OB(c2cccc(-c3cccc(-c4ccc(-c5ccccc5)cc4)c3)c2)OC1(C)C. The van der Waals surface area contributed by atoms with Gasteiger partial charge in [0.25, 0.3) is 0 Å². The molecule has 33 heavy (non-hydrogen) atoms. The minimum atomic E-state index is -0.358. The van der Waals surface area contributed by atoms with Crippen molar-refractivity contribution in [2.45, 2.75) is 38.9 Å². The van der Waals surface area contributed by atoms with E-state index in [2.05, 4.69) is 125 Å². The van der Waals surface area contributed by atoms with Gasteiger partial charge >= 0.3 is 7.12 Å². The molecule has 0 unspecified atom stereocenters. The zero-order valence-corrected chi connectivity index (χ0v) is 19.7. The van der Waals surface area contributed by atoms with E-state index in [4.69, 9.17) is 9.31 Å². The first-order valence-corrected chi connectivity index (χ1v) is 11.5.